The maximum Gasteiger partial charge on any atom is 0.414 e. The average Bonchev–Trinajstić information content (AvgIpc) is 3.13. The van der Waals surface area contributed by atoms with E-state index in [9.17, 15) is 9.59 Å². The van der Waals surface area contributed by atoms with Gasteiger partial charge in [-0.15, -0.1) is 0 Å². The summed E-state index contributed by atoms with van der Waals surface area (Å²) in [5, 5.41) is 4.04. The number of hydrogen-bond donors (Lipinski definition) is 0. The molecular formula is C16H15N3O3. The molecule has 1 aromatic carbocycles. The molecule has 1 aliphatic rings. The first-order valence-electron chi connectivity index (χ1n) is 6.90. The van der Waals surface area contributed by atoms with Crippen LogP contribution >= 0.6 is 0 Å². The van der Waals surface area contributed by atoms with E-state index in [1.807, 2.05) is 13.1 Å². The van der Waals surface area contributed by atoms with Crippen molar-refractivity contribution in [3.8, 4) is 0 Å². The maximum absolute atomic E-state index is 12.2. The number of carbonyl (C=O) groups is 2. The van der Waals surface area contributed by atoms with Crippen LogP contribution in [0.5, 0.6) is 0 Å². The van der Waals surface area contributed by atoms with Crippen molar-refractivity contribution in [1.29, 1.82) is 0 Å². The number of cyclic esters (lactones) is 1. The number of hydrogen-bond acceptors (Lipinski definition) is 4. The van der Waals surface area contributed by atoms with Crippen LogP contribution in [0.1, 0.15) is 16.1 Å². The standard InChI is InChI=1S/C16H15N3O3/c1-18-13(7-8-17-18)5-6-15(20)12-3-2-4-14(11-12)19-9-10-22-16(19)21/h2-8,11H,9-10H2,1H3. The smallest absolute Gasteiger partial charge is 0.414 e. The van der Waals surface area contributed by atoms with E-state index in [1.165, 1.54) is 11.0 Å². The summed E-state index contributed by atoms with van der Waals surface area (Å²) in [7, 11) is 1.81. The number of aryl methyl sites for hydroxylation is 1. The predicted molar refractivity (Wildman–Crippen MR) is 81.7 cm³/mol. The number of allylic oxidation sites excluding steroid dienone is 1. The van der Waals surface area contributed by atoms with Crippen LogP contribution in [-0.2, 0) is 11.8 Å². The molecule has 22 heavy (non-hydrogen) atoms. The zero-order valence-corrected chi connectivity index (χ0v) is 12.1. The Morgan fingerprint density at radius 2 is 2.23 bits per heavy atom. The Morgan fingerprint density at radius 3 is 2.91 bits per heavy atom. The highest BCUT2D eigenvalue weighted by atomic mass is 16.6. The third kappa shape index (κ3) is 2.76. The number of nitrogens with zero attached hydrogens (tertiary/aromatic N) is 3. The van der Waals surface area contributed by atoms with Crippen molar-refractivity contribution >= 4 is 23.6 Å². The highest BCUT2D eigenvalue weighted by Crippen LogP contribution is 2.20. The Morgan fingerprint density at radius 1 is 1.36 bits per heavy atom. The Kier molecular flexibility index (Phi) is 3.74. The lowest BCUT2D eigenvalue weighted by Crippen LogP contribution is -2.23. The van der Waals surface area contributed by atoms with Gasteiger partial charge in [-0.25, -0.2) is 4.79 Å². The van der Waals surface area contributed by atoms with E-state index in [1.54, 1.807) is 41.2 Å². The van der Waals surface area contributed by atoms with E-state index < -0.39 is 0 Å². The molecule has 3 rings (SSSR count). The van der Waals surface area contributed by atoms with Crippen molar-refractivity contribution in [3.05, 3.63) is 53.9 Å². The van der Waals surface area contributed by atoms with Gasteiger partial charge in [-0.1, -0.05) is 12.1 Å². The number of aromatic nitrogens is 2. The Bertz CT molecular complexity index is 749. The molecule has 0 unspecified atom stereocenters. The summed E-state index contributed by atoms with van der Waals surface area (Å²) in [6.45, 7) is 0.874. The second kappa shape index (κ2) is 5.85. The van der Waals surface area contributed by atoms with Gasteiger partial charge in [0, 0.05) is 24.5 Å². The van der Waals surface area contributed by atoms with Crippen LogP contribution in [0.2, 0.25) is 0 Å². The molecule has 6 heteroatoms. The van der Waals surface area contributed by atoms with E-state index in [2.05, 4.69) is 5.10 Å². The molecule has 1 amide bonds. The van der Waals surface area contributed by atoms with Crippen molar-refractivity contribution < 1.29 is 14.3 Å². The van der Waals surface area contributed by atoms with Crippen molar-refractivity contribution in [2.75, 3.05) is 18.1 Å². The monoisotopic (exact) mass is 297 g/mol. The molecule has 1 saturated heterocycles. The van der Waals surface area contributed by atoms with Gasteiger partial charge in [0.15, 0.2) is 5.78 Å². The third-order valence-corrected chi connectivity index (χ3v) is 3.47. The molecule has 2 aromatic rings. The lowest BCUT2D eigenvalue weighted by Gasteiger charge is -2.13. The summed E-state index contributed by atoms with van der Waals surface area (Å²) < 4.78 is 6.59. The molecule has 6 nitrogen and oxygen atoms in total. The molecular weight excluding hydrogens is 282 g/mol. The fraction of sp³-hybridized carbons (Fsp3) is 0.188. The lowest BCUT2D eigenvalue weighted by molar-refractivity contribution is 0.104. The highest BCUT2D eigenvalue weighted by molar-refractivity contribution is 6.07. The van der Waals surface area contributed by atoms with Crippen LogP contribution in [0.4, 0.5) is 10.5 Å². The number of rotatable bonds is 4. The van der Waals surface area contributed by atoms with Crippen molar-refractivity contribution in [2.24, 2.45) is 7.05 Å². The Labute approximate surface area is 127 Å². The van der Waals surface area contributed by atoms with Gasteiger partial charge in [0.25, 0.3) is 0 Å². The largest absolute Gasteiger partial charge is 0.447 e. The predicted octanol–water partition coefficient (Wildman–Crippen LogP) is 2.27. The Balaban J connectivity index is 1.80. The van der Waals surface area contributed by atoms with E-state index in [-0.39, 0.29) is 11.9 Å². The molecule has 0 N–H and O–H groups in total. The van der Waals surface area contributed by atoms with Gasteiger partial charge in [0.1, 0.15) is 6.61 Å². The fourth-order valence-corrected chi connectivity index (χ4v) is 2.26. The second-order valence-electron chi connectivity index (χ2n) is 4.89. The number of ketones is 1. The molecule has 1 aliphatic heterocycles. The number of benzene rings is 1. The van der Waals surface area contributed by atoms with Crippen LogP contribution in [0.3, 0.4) is 0 Å². The minimum Gasteiger partial charge on any atom is -0.447 e. The topological polar surface area (TPSA) is 64.4 Å². The quantitative estimate of drug-likeness (QED) is 0.641. The first-order chi connectivity index (χ1) is 10.6. The van der Waals surface area contributed by atoms with Crippen molar-refractivity contribution in [1.82, 2.24) is 9.78 Å². The summed E-state index contributed by atoms with van der Waals surface area (Å²) in [4.78, 5) is 25.3. The molecule has 1 fully saturated rings. The SMILES string of the molecule is Cn1nccc1C=CC(=O)c1cccc(N2CCOC2=O)c1. The minimum absolute atomic E-state index is 0.129. The summed E-state index contributed by atoms with van der Waals surface area (Å²) in [5.41, 5.74) is 2.03. The molecule has 0 radical (unpaired) electrons. The fourth-order valence-electron chi connectivity index (χ4n) is 2.26. The molecule has 0 aliphatic carbocycles. The van der Waals surface area contributed by atoms with Crippen LogP contribution in [0.25, 0.3) is 6.08 Å². The van der Waals surface area contributed by atoms with Gasteiger partial charge < -0.3 is 4.74 Å². The van der Waals surface area contributed by atoms with E-state index in [4.69, 9.17) is 4.74 Å². The summed E-state index contributed by atoms with van der Waals surface area (Å²) in [6.07, 6.45) is 4.50. The van der Waals surface area contributed by atoms with Gasteiger partial charge >= 0.3 is 6.09 Å². The summed E-state index contributed by atoms with van der Waals surface area (Å²) in [6, 6.07) is 8.78. The van der Waals surface area contributed by atoms with E-state index in [0.29, 0.717) is 24.4 Å². The number of anilines is 1. The minimum atomic E-state index is -0.380. The normalized spacial score (nSPS) is 14.6. The zero-order valence-electron chi connectivity index (χ0n) is 12.1. The molecule has 0 spiro atoms. The van der Waals surface area contributed by atoms with E-state index >= 15 is 0 Å². The Hall–Kier alpha value is -2.89. The molecule has 0 saturated carbocycles. The van der Waals surface area contributed by atoms with Crippen LogP contribution in [-0.4, -0.2) is 34.8 Å². The van der Waals surface area contributed by atoms with Gasteiger partial charge in [-0.2, -0.15) is 5.10 Å². The summed E-state index contributed by atoms with van der Waals surface area (Å²) in [5.74, 6) is -0.129. The van der Waals surface area contributed by atoms with Gasteiger partial charge in [-0.05, 0) is 30.4 Å². The first kappa shape index (κ1) is 14.1. The van der Waals surface area contributed by atoms with Crippen molar-refractivity contribution in [2.45, 2.75) is 0 Å². The van der Waals surface area contributed by atoms with E-state index in [0.717, 1.165) is 5.69 Å². The van der Waals surface area contributed by atoms with Crippen molar-refractivity contribution in [3.63, 3.8) is 0 Å². The average molecular weight is 297 g/mol. The molecule has 2 heterocycles. The van der Waals surface area contributed by atoms with Gasteiger partial charge in [0.05, 0.1) is 12.2 Å². The maximum atomic E-state index is 12.2. The van der Waals surface area contributed by atoms with Gasteiger partial charge in [0.2, 0.25) is 0 Å². The molecule has 0 atom stereocenters. The lowest BCUT2D eigenvalue weighted by atomic mass is 10.1. The first-order valence-corrected chi connectivity index (χ1v) is 6.90. The highest BCUT2D eigenvalue weighted by Gasteiger charge is 2.23. The van der Waals surface area contributed by atoms with Crippen LogP contribution in [0.15, 0.2) is 42.6 Å². The molecule has 1 aromatic heterocycles. The van der Waals surface area contributed by atoms with Gasteiger partial charge in [-0.3, -0.25) is 14.4 Å². The third-order valence-electron chi connectivity index (χ3n) is 3.47. The summed E-state index contributed by atoms with van der Waals surface area (Å²) >= 11 is 0. The number of carbonyl (C=O) groups excluding carboxylic acids is 2. The van der Waals surface area contributed by atoms with Crippen LogP contribution < -0.4 is 4.90 Å². The number of ether oxygens (including phenoxy) is 1. The van der Waals surface area contributed by atoms with Crippen LogP contribution in [0, 0.1) is 0 Å². The second-order valence-corrected chi connectivity index (χ2v) is 4.89. The number of amides is 1. The zero-order chi connectivity index (χ0) is 15.5. The molecule has 112 valence electrons. The molecule has 0 bridgehead atoms.